The van der Waals surface area contributed by atoms with Crippen molar-refractivity contribution >= 4 is 40.8 Å². The highest BCUT2D eigenvalue weighted by atomic mass is 32.2. The summed E-state index contributed by atoms with van der Waals surface area (Å²) in [5, 5.41) is 2.75. The summed E-state index contributed by atoms with van der Waals surface area (Å²) < 4.78 is 11.2. The summed E-state index contributed by atoms with van der Waals surface area (Å²) in [6.07, 6.45) is 8.71. The molecule has 5 fully saturated rings. The predicted molar refractivity (Wildman–Crippen MR) is 129 cm³/mol. The summed E-state index contributed by atoms with van der Waals surface area (Å²) in [6.45, 7) is -0.563. The van der Waals surface area contributed by atoms with Gasteiger partial charge < -0.3 is 20.5 Å². The van der Waals surface area contributed by atoms with Crippen LogP contribution in [0.25, 0.3) is 6.08 Å². The molecular weight excluding hydrogens is 470 g/mol. The minimum absolute atomic E-state index is 0.0688. The number of amides is 4. The molecule has 6 rings (SSSR count). The summed E-state index contributed by atoms with van der Waals surface area (Å²) in [6, 6.07) is 5.03. The number of nitrogens with one attached hydrogen (secondary N) is 1. The molecule has 0 spiro atoms. The van der Waals surface area contributed by atoms with Crippen molar-refractivity contribution in [3.63, 3.8) is 0 Å². The van der Waals surface area contributed by atoms with E-state index >= 15 is 0 Å². The van der Waals surface area contributed by atoms with E-state index in [1.54, 1.807) is 18.2 Å². The maximum atomic E-state index is 12.8. The molecule has 4 amide bonds. The van der Waals surface area contributed by atoms with Crippen molar-refractivity contribution in [2.45, 2.75) is 44.1 Å². The second-order valence-electron chi connectivity index (χ2n) is 10.2. The van der Waals surface area contributed by atoms with E-state index in [-0.39, 0.29) is 23.0 Å². The average molecular weight is 500 g/mol. The lowest BCUT2D eigenvalue weighted by molar-refractivity contribution is -0.129. The Bertz CT molecular complexity index is 1080. The fourth-order valence-electron chi connectivity index (χ4n) is 6.58. The van der Waals surface area contributed by atoms with E-state index in [2.05, 4.69) is 5.32 Å². The standard InChI is InChI=1S/C25H29N3O6S/c1-33-19-7-14(8-20-23(31)28(12-21(26)29)24(32)35-20)2-3-18(19)34-13-22(30)27-25-9-15-4-16(10-25)6-17(5-15)11-25/h2-3,7-8,15-17H,4-6,9-13H2,1H3,(H2,26,29)(H,27,30)/b20-8-. The highest BCUT2D eigenvalue weighted by Gasteiger charge is 2.51. The molecule has 0 atom stereocenters. The molecule has 1 aromatic rings. The zero-order valence-corrected chi connectivity index (χ0v) is 20.4. The number of thioether (sulfide) groups is 1. The number of hydrogen-bond donors (Lipinski definition) is 2. The number of carbonyl (C=O) groups is 4. The minimum atomic E-state index is -0.760. The Balaban J connectivity index is 1.22. The van der Waals surface area contributed by atoms with E-state index in [1.807, 2.05) is 0 Å². The molecule has 1 heterocycles. The first-order valence-corrected chi connectivity index (χ1v) is 12.7. The first-order valence-electron chi connectivity index (χ1n) is 11.9. The van der Waals surface area contributed by atoms with Gasteiger partial charge in [-0.3, -0.25) is 24.1 Å². The Morgan fingerprint density at radius 1 is 1.14 bits per heavy atom. The predicted octanol–water partition coefficient (Wildman–Crippen LogP) is 2.68. The quantitative estimate of drug-likeness (QED) is 0.526. The van der Waals surface area contributed by atoms with Gasteiger partial charge in [-0.2, -0.15) is 0 Å². The number of carbonyl (C=O) groups excluding carboxylic acids is 4. The Hall–Kier alpha value is -3.01. The summed E-state index contributed by atoms with van der Waals surface area (Å²) in [7, 11) is 1.49. The van der Waals surface area contributed by atoms with Crippen LogP contribution in [0.1, 0.15) is 44.1 Å². The fourth-order valence-corrected chi connectivity index (χ4v) is 7.41. The lowest BCUT2D eigenvalue weighted by Gasteiger charge is -2.56. The molecular formula is C25H29N3O6S. The second-order valence-corrected chi connectivity index (χ2v) is 11.2. The Morgan fingerprint density at radius 2 is 1.80 bits per heavy atom. The Morgan fingerprint density at radius 3 is 2.40 bits per heavy atom. The number of nitrogens with two attached hydrogens (primary N) is 1. The smallest absolute Gasteiger partial charge is 0.294 e. The number of nitrogens with zero attached hydrogens (tertiary/aromatic N) is 1. The van der Waals surface area contributed by atoms with Crippen LogP contribution < -0.4 is 20.5 Å². The molecule has 35 heavy (non-hydrogen) atoms. The number of imide groups is 1. The van der Waals surface area contributed by atoms with Crippen LogP contribution in [-0.2, 0) is 14.4 Å². The SMILES string of the molecule is COc1cc(/C=C2\SC(=O)N(CC(N)=O)C2=O)ccc1OCC(=O)NC12CC3CC(CC(C3)C1)C2. The van der Waals surface area contributed by atoms with Crippen molar-refractivity contribution in [2.24, 2.45) is 23.5 Å². The molecule has 4 saturated carbocycles. The largest absolute Gasteiger partial charge is 0.493 e. The Labute approximate surface area is 207 Å². The van der Waals surface area contributed by atoms with Crippen LogP contribution in [0.5, 0.6) is 11.5 Å². The number of primary amides is 1. The molecule has 4 aliphatic carbocycles. The second kappa shape index (κ2) is 9.22. The highest BCUT2D eigenvalue weighted by molar-refractivity contribution is 8.18. The topological polar surface area (TPSA) is 128 Å². The van der Waals surface area contributed by atoms with Gasteiger partial charge >= 0.3 is 0 Å². The molecule has 1 aliphatic heterocycles. The maximum Gasteiger partial charge on any atom is 0.294 e. The molecule has 5 aliphatic rings. The first-order chi connectivity index (χ1) is 16.7. The van der Waals surface area contributed by atoms with Gasteiger partial charge in [0.1, 0.15) is 6.54 Å². The zero-order chi connectivity index (χ0) is 24.7. The zero-order valence-electron chi connectivity index (χ0n) is 19.6. The first kappa shape index (κ1) is 23.7. The van der Waals surface area contributed by atoms with Crippen LogP contribution in [0.4, 0.5) is 4.79 Å². The number of methoxy groups -OCH3 is 1. The third kappa shape index (κ3) is 4.89. The molecule has 3 N–H and O–H groups in total. The van der Waals surface area contributed by atoms with Crippen molar-refractivity contribution in [3.05, 3.63) is 28.7 Å². The van der Waals surface area contributed by atoms with Gasteiger partial charge in [-0.25, -0.2) is 0 Å². The maximum absolute atomic E-state index is 12.8. The van der Waals surface area contributed by atoms with Gasteiger partial charge in [0, 0.05) is 5.54 Å². The van der Waals surface area contributed by atoms with Gasteiger partial charge in [0.2, 0.25) is 5.91 Å². The Kier molecular flexibility index (Phi) is 6.25. The molecule has 9 nitrogen and oxygen atoms in total. The van der Waals surface area contributed by atoms with Crippen LogP contribution in [-0.4, -0.2) is 53.7 Å². The number of benzene rings is 1. The number of rotatable bonds is 8. The summed E-state index contributed by atoms with van der Waals surface area (Å²) in [4.78, 5) is 49.3. The van der Waals surface area contributed by atoms with Crippen LogP contribution in [0.3, 0.4) is 0 Å². The van der Waals surface area contributed by atoms with Crippen molar-refractivity contribution in [1.29, 1.82) is 0 Å². The van der Waals surface area contributed by atoms with Crippen LogP contribution in [0, 0.1) is 17.8 Å². The molecule has 186 valence electrons. The van der Waals surface area contributed by atoms with Crippen LogP contribution >= 0.6 is 11.8 Å². The van der Waals surface area contributed by atoms with E-state index in [9.17, 15) is 19.2 Å². The van der Waals surface area contributed by atoms with E-state index in [0.29, 0.717) is 17.1 Å². The number of ether oxygens (including phenoxy) is 2. The van der Waals surface area contributed by atoms with Crippen molar-refractivity contribution in [3.8, 4) is 11.5 Å². The number of hydrogen-bond acceptors (Lipinski definition) is 7. The van der Waals surface area contributed by atoms with Crippen LogP contribution in [0.15, 0.2) is 23.1 Å². The minimum Gasteiger partial charge on any atom is -0.493 e. The lowest BCUT2D eigenvalue weighted by atomic mass is 9.53. The summed E-state index contributed by atoms with van der Waals surface area (Å²) in [5.74, 6) is 1.58. The summed E-state index contributed by atoms with van der Waals surface area (Å²) >= 11 is 0.742. The molecule has 0 radical (unpaired) electrons. The van der Waals surface area contributed by atoms with Crippen molar-refractivity contribution in [2.75, 3.05) is 20.3 Å². The highest BCUT2D eigenvalue weighted by Crippen LogP contribution is 2.55. The van der Waals surface area contributed by atoms with Crippen LogP contribution in [0.2, 0.25) is 0 Å². The lowest BCUT2D eigenvalue weighted by Crippen LogP contribution is -2.60. The van der Waals surface area contributed by atoms with Gasteiger partial charge in [-0.15, -0.1) is 0 Å². The molecule has 0 aromatic heterocycles. The van der Waals surface area contributed by atoms with E-state index in [0.717, 1.165) is 53.7 Å². The van der Waals surface area contributed by atoms with Gasteiger partial charge in [-0.1, -0.05) is 6.07 Å². The van der Waals surface area contributed by atoms with Gasteiger partial charge in [0.05, 0.1) is 12.0 Å². The molecule has 1 saturated heterocycles. The van der Waals surface area contributed by atoms with E-state index in [4.69, 9.17) is 15.2 Å². The van der Waals surface area contributed by atoms with E-state index in [1.165, 1.54) is 32.4 Å². The van der Waals surface area contributed by atoms with Crippen molar-refractivity contribution in [1.82, 2.24) is 10.2 Å². The van der Waals surface area contributed by atoms with Gasteiger partial charge in [-0.05, 0) is 91.8 Å². The molecule has 1 aromatic carbocycles. The van der Waals surface area contributed by atoms with Gasteiger partial charge in [0.15, 0.2) is 18.1 Å². The molecule has 10 heteroatoms. The van der Waals surface area contributed by atoms with Crippen molar-refractivity contribution < 1.29 is 28.7 Å². The fraction of sp³-hybridized carbons (Fsp3) is 0.520. The monoisotopic (exact) mass is 499 g/mol. The average Bonchev–Trinajstić information content (AvgIpc) is 3.03. The third-order valence-electron chi connectivity index (χ3n) is 7.47. The summed E-state index contributed by atoms with van der Waals surface area (Å²) in [5.41, 5.74) is 5.65. The third-order valence-corrected chi connectivity index (χ3v) is 8.38. The van der Waals surface area contributed by atoms with Gasteiger partial charge in [0.25, 0.3) is 17.1 Å². The molecule has 0 unspecified atom stereocenters. The molecule has 4 bridgehead atoms. The normalized spacial score (nSPS) is 30.1. The van der Waals surface area contributed by atoms with E-state index < -0.39 is 23.6 Å².